The van der Waals surface area contributed by atoms with Gasteiger partial charge in [-0.15, -0.1) is 10.2 Å². The third kappa shape index (κ3) is 5.57. The Hall–Kier alpha value is -1.45. The topological polar surface area (TPSA) is 73.3 Å². The SMILES string of the molecule is CCCSc1nnc(SCC(=O)Nc2ccc(OC)c(OC)c2)s1. The Labute approximate surface area is 153 Å². The molecule has 0 spiro atoms. The van der Waals surface area contributed by atoms with Crippen molar-refractivity contribution in [3.05, 3.63) is 18.2 Å². The molecule has 2 rings (SSSR count). The van der Waals surface area contributed by atoms with Crippen LogP contribution in [0.5, 0.6) is 11.5 Å². The zero-order valence-corrected chi connectivity index (χ0v) is 16.1. The minimum atomic E-state index is -0.106. The van der Waals surface area contributed by atoms with Gasteiger partial charge >= 0.3 is 0 Å². The molecule has 0 aliphatic heterocycles. The molecule has 0 unspecified atom stereocenters. The van der Waals surface area contributed by atoms with Crippen LogP contribution in [0.2, 0.25) is 0 Å². The highest BCUT2D eigenvalue weighted by molar-refractivity contribution is 8.03. The predicted molar refractivity (Wildman–Crippen MR) is 99.8 cm³/mol. The van der Waals surface area contributed by atoms with Crippen molar-refractivity contribution in [3.8, 4) is 11.5 Å². The summed E-state index contributed by atoms with van der Waals surface area (Å²) in [7, 11) is 3.13. The molecule has 0 radical (unpaired) electrons. The van der Waals surface area contributed by atoms with Gasteiger partial charge in [-0.3, -0.25) is 4.79 Å². The standard InChI is InChI=1S/C15H19N3O3S3/c1-4-7-22-14-17-18-15(24-14)23-9-13(19)16-10-5-6-11(20-2)12(8-10)21-3/h5-6,8H,4,7,9H2,1-3H3,(H,16,19). The molecular weight excluding hydrogens is 366 g/mol. The van der Waals surface area contributed by atoms with Gasteiger partial charge < -0.3 is 14.8 Å². The van der Waals surface area contributed by atoms with Crippen molar-refractivity contribution < 1.29 is 14.3 Å². The quantitative estimate of drug-likeness (QED) is 0.658. The van der Waals surface area contributed by atoms with Crippen LogP contribution in [-0.2, 0) is 4.79 Å². The van der Waals surface area contributed by atoms with E-state index in [9.17, 15) is 4.79 Å². The largest absolute Gasteiger partial charge is 0.493 e. The summed E-state index contributed by atoms with van der Waals surface area (Å²) >= 11 is 4.59. The summed E-state index contributed by atoms with van der Waals surface area (Å²) in [6, 6.07) is 5.25. The van der Waals surface area contributed by atoms with E-state index in [0.29, 0.717) is 17.2 Å². The van der Waals surface area contributed by atoms with E-state index in [1.165, 1.54) is 23.1 Å². The van der Waals surface area contributed by atoms with Crippen molar-refractivity contribution in [1.82, 2.24) is 10.2 Å². The molecule has 0 saturated carbocycles. The van der Waals surface area contributed by atoms with Gasteiger partial charge in [0, 0.05) is 17.5 Å². The van der Waals surface area contributed by atoms with Crippen LogP contribution in [0.15, 0.2) is 26.9 Å². The molecule has 1 aromatic heterocycles. The van der Waals surface area contributed by atoms with Crippen LogP contribution >= 0.6 is 34.9 Å². The number of aromatic nitrogens is 2. The van der Waals surface area contributed by atoms with Crippen LogP contribution in [0.3, 0.4) is 0 Å². The molecule has 1 heterocycles. The predicted octanol–water partition coefficient (Wildman–Crippen LogP) is 3.79. The van der Waals surface area contributed by atoms with Crippen molar-refractivity contribution in [2.75, 3.05) is 31.0 Å². The highest BCUT2D eigenvalue weighted by atomic mass is 32.2. The maximum Gasteiger partial charge on any atom is 0.234 e. The van der Waals surface area contributed by atoms with Gasteiger partial charge in [-0.25, -0.2) is 0 Å². The van der Waals surface area contributed by atoms with E-state index in [1.54, 1.807) is 44.2 Å². The minimum Gasteiger partial charge on any atom is -0.493 e. The van der Waals surface area contributed by atoms with Crippen LogP contribution in [0.25, 0.3) is 0 Å². The maximum absolute atomic E-state index is 12.1. The summed E-state index contributed by atoms with van der Waals surface area (Å²) in [6.45, 7) is 2.13. The molecule has 0 aliphatic rings. The van der Waals surface area contributed by atoms with E-state index in [0.717, 1.165) is 20.9 Å². The Morgan fingerprint density at radius 3 is 2.54 bits per heavy atom. The molecule has 24 heavy (non-hydrogen) atoms. The zero-order chi connectivity index (χ0) is 17.4. The minimum absolute atomic E-state index is 0.106. The number of thioether (sulfide) groups is 2. The molecular formula is C15H19N3O3S3. The summed E-state index contributed by atoms with van der Waals surface area (Å²) in [6.07, 6.45) is 1.10. The Bertz CT molecular complexity index is 679. The van der Waals surface area contributed by atoms with E-state index in [4.69, 9.17) is 9.47 Å². The first-order chi connectivity index (χ1) is 11.7. The number of rotatable bonds is 9. The molecule has 0 fully saturated rings. The van der Waals surface area contributed by atoms with E-state index in [1.807, 2.05) is 0 Å². The number of amides is 1. The summed E-state index contributed by atoms with van der Waals surface area (Å²) in [4.78, 5) is 12.1. The summed E-state index contributed by atoms with van der Waals surface area (Å²) in [5, 5.41) is 11.0. The molecule has 0 bridgehead atoms. The molecule has 0 atom stereocenters. The smallest absolute Gasteiger partial charge is 0.234 e. The third-order valence-corrected chi connectivity index (χ3v) is 6.21. The molecule has 1 amide bonds. The van der Waals surface area contributed by atoms with E-state index in [2.05, 4.69) is 22.4 Å². The summed E-state index contributed by atoms with van der Waals surface area (Å²) < 4.78 is 12.1. The Balaban J connectivity index is 1.86. The number of nitrogens with zero attached hydrogens (tertiary/aromatic N) is 2. The first kappa shape index (κ1) is 18.9. The third-order valence-electron chi connectivity index (χ3n) is 2.81. The fourth-order valence-electron chi connectivity index (χ4n) is 1.74. The number of ether oxygens (including phenoxy) is 2. The normalized spacial score (nSPS) is 10.5. The number of anilines is 1. The van der Waals surface area contributed by atoms with Crippen molar-refractivity contribution in [3.63, 3.8) is 0 Å². The average Bonchev–Trinajstić information content (AvgIpc) is 3.06. The highest BCUT2D eigenvalue weighted by Gasteiger charge is 2.10. The Morgan fingerprint density at radius 1 is 1.17 bits per heavy atom. The molecule has 1 aromatic carbocycles. The number of carbonyl (C=O) groups excluding carboxylic acids is 1. The number of carbonyl (C=O) groups is 1. The average molecular weight is 386 g/mol. The van der Waals surface area contributed by atoms with Gasteiger partial charge in [0.1, 0.15) is 0 Å². The van der Waals surface area contributed by atoms with Gasteiger partial charge in [0.25, 0.3) is 0 Å². The van der Waals surface area contributed by atoms with Gasteiger partial charge in [0.2, 0.25) is 5.91 Å². The summed E-state index contributed by atoms with van der Waals surface area (Å²) in [5.41, 5.74) is 0.662. The van der Waals surface area contributed by atoms with Crippen molar-refractivity contribution in [1.29, 1.82) is 0 Å². The monoisotopic (exact) mass is 385 g/mol. The lowest BCUT2D eigenvalue weighted by molar-refractivity contribution is -0.113. The van der Waals surface area contributed by atoms with Gasteiger partial charge in [0.15, 0.2) is 20.2 Å². The first-order valence-electron chi connectivity index (χ1n) is 7.27. The number of benzene rings is 1. The summed E-state index contributed by atoms with van der Waals surface area (Å²) in [5.74, 6) is 2.39. The molecule has 0 saturated heterocycles. The molecule has 1 N–H and O–H groups in total. The molecule has 2 aromatic rings. The van der Waals surface area contributed by atoms with E-state index >= 15 is 0 Å². The van der Waals surface area contributed by atoms with Crippen molar-refractivity contribution >= 4 is 46.5 Å². The van der Waals surface area contributed by atoms with Crippen molar-refractivity contribution in [2.24, 2.45) is 0 Å². The van der Waals surface area contributed by atoms with Gasteiger partial charge in [-0.2, -0.15) is 0 Å². The molecule has 9 heteroatoms. The second-order valence-electron chi connectivity index (χ2n) is 4.59. The van der Waals surface area contributed by atoms with Gasteiger partial charge in [-0.05, 0) is 18.6 Å². The number of hydrogen-bond acceptors (Lipinski definition) is 8. The Kier molecular flexibility index (Phi) is 7.67. The number of hydrogen-bond donors (Lipinski definition) is 1. The Morgan fingerprint density at radius 2 is 1.88 bits per heavy atom. The van der Waals surface area contributed by atoms with Gasteiger partial charge in [0.05, 0.1) is 20.0 Å². The van der Waals surface area contributed by atoms with Gasteiger partial charge in [-0.1, -0.05) is 41.8 Å². The van der Waals surface area contributed by atoms with E-state index < -0.39 is 0 Å². The zero-order valence-electron chi connectivity index (χ0n) is 13.7. The highest BCUT2D eigenvalue weighted by Crippen LogP contribution is 2.31. The van der Waals surface area contributed by atoms with Crippen LogP contribution in [0.1, 0.15) is 13.3 Å². The second kappa shape index (κ2) is 9.75. The molecule has 6 nitrogen and oxygen atoms in total. The first-order valence-corrected chi connectivity index (χ1v) is 10.1. The van der Waals surface area contributed by atoms with Crippen molar-refractivity contribution in [2.45, 2.75) is 22.0 Å². The molecule has 130 valence electrons. The van der Waals surface area contributed by atoms with Crippen LogP contribution in [-0.4, -0.2) is 41.8 Å². The van der Waals surface area contributed by atoms with Crippen LogP contribution in [0.4, 0.5) is 5.69 Å². The lowest BCUT2D eigenvalue weighted by Crippen LogP contribution is -2.14. The van der Waals surface area contributed by atoms with Crippen LogP contribution < -0.4 is 14.8 Å². The lowest BCUT2D eigenvalue weighted by Gasteiger charge is -2.10. The fraction of sp³-hybridized carbons (Fsp3) is 0.400. The molecule has 0 aliphatic carbocycles. The fourth-order valence-corrected chi connectivity index (χ4v) is 4.49. The lowest BCUT2D eigenvalue weighted by atomic mass is 10.2. The number of methoxy groups -OCH3 is 2. The van der Waals surface area contributed by atoms with Crippen LogP contribution in [0, 0.1) is 0 Å². The number of nitrogens with one attached hydrogen (secondary N) is 1. The van der Waals surface area contributed by atoms with E-state index in [-0.39, 0.29) is 11.7 Å². The second-order valence-corrected chi connectivity index (χ2v) is 8.13. The maximum atomic E-state index is 12.1.